The van der Waals surface area contributed by atoms with Gasteiger partial charge < -0.3 is 15.2 Å². The Morgan fingerprint density at radius 2 is 1.82 bits per heavy atom. The molecule has 0 fully saturated rings. The van der Waals surface area contributed by atoms with E-state index in [0.717, 1.165) is 0 Å². The number of nitrogens with two attached hydrogens (primary N) is 1. The normalized spacial score (nSPS) is 14.6. The molecule has 1 unspecified atom stereocenters. The van der Waals surface area contributed by atoms with Gasteiger partial charge in [0.15, 0.2) is 0 Å². The average molecular weight is 243 g/mol. The van der Waals surface area contributed by atoms with Gasteiger partial charge in [-0.3, -0.25) is 0 Å². The topological polar surface area (TPSA) is 78.6 Å². The number of methoxy groups -OCH3 is 1. The van der Waals surface area contributed by atoms with Gasteiger partial charge in [0, 0.05) is 0 Å². The van der Waals surface area contributed by atoms with Crippen LogP contribution in [0.3, 0.4) is 0 Å². The summed E-state index contributed by atoms with van der Waals surface area (Å²) in [5, 5.41) is 0. The predicted octanol–water partition coefficient (Wildman–Crippen LogP) is 1.16. The molecule has 0 bridgehead atoms. The highest BCUT2D eigenvalue weighted by molar-refractivity contribution is 6.04. The maximum absolute atomic E-state index is 11.9. The zero-order valence-corrected chi connectivity index (χ0v) is 10.9. The van der Waals surface area contributed by atoms with Crippen LogP contribution >= 0.6 is 0 Å². The molecule has 0 aliphatic rings. The monoisotopic (exact) mass is 243 g/mol. The fraction of sp³-hybridized carbons (Fsp3) is 0.667. The molecule has 0 heterocycles. The van der Waals surface area contributed by atoms with Gasteiger partial charge in [-0.05, 0) is 33.6 Å². The summed E-state index contributed by atoms with van der Waals surface area (Å²) in [5.41, 5.74) is 3.32. The van der Waals surface area contributed by atoms with E-state index in [1.54, 1.807) is 26.8 Å². The molecule has 0 saturated heterocycles. The van der Waals surface area contributed by atoms with Gasteiger partial charge in [-0.25, -0.2) is 9.59 Å². The van der Waals surface area contributed by atoms with Crippen molar-refractivity contribution in [2.24, 2.45) is 5.73 Å². The fourth-order valence-electron chi connectivity index (χ4n) is 1.17. The number of carbonyl (C=O) groups excluding carboxylic acids is 2. The van der Waals surface area contributed by atoms with Gasteiger partial charge in [0.2, 0.25) is 5.54 Å². The molecule has 5 nitrogen and oxygen atoms in total. The van der Waals surface area contributed by atoms with E-state index in [-0.39, 0.29) is 6.42 Å². The van der Waals surface area contributed by atoms with E-state index in [1.807, 2.05) is 0 Å². The molecule has 1 atom stereocenters. The Balaban J connectivity index is 4.97. The van der Waals surface area contributed by atoms with Crippen LogP contribution in [0.2, 0.25) is 0 Å². The second-order valence-electron chi connectivity index (χ2n) is 4.79. The Morgan fingerprint density at radius 3 is 2.18 bits per heavy atom. The molecule has 0 aromatic heterocycles. The number of esters is 2. The summed E-state index contributed by atoms with van der Waals surface area (Å²) in [4.78, 5) is 23.5. The minimum atomic E-state index is -1.77. The molecule has 0 radical (unpaired) electrons. The summed E-state index contributed by atoms with van der Waals surface area (Å²) in [6, 6.07) is 0. The molecule has 0 rings (SSSR count). The number of hydrogen-bond donors (Lipinski definition) is 1. The number of allylic oxidation sites excluding steroid dienone is 1. The van der Waals surface area contributed by atoms with E-state index in [9.17, 15) is 9.59 Å². The summed E-state index contributed by atoms with van der Waals surface area (Å²) >= 11 is 0. The van der Waals surface area contributed by atoms with Crippen molar-refractivity contribution in [1.82, 2.24) is 0 Å². The molecule has 0 spiro atoms. The summed E-state index contributed by atoms with van der Waals surface area (Å²) < 4.78 is 9.67. The standard InChI is InChI=1S/C12H21NO4/c1-6-7-8-12(13,9(14)16-5)10(15)17-11(2,3)4/h6H,1,7-8,13H2,2-5H3. The van der Waals surface area contributed by atoms with E-state index < -0.39 is 23.1 Å². The van der Waals surface area contributed by atoms with Crippen molar-refractivity contribution < 1.29 is 19.1 Å². The summed E-state index contributed by atoms with van der Waals surface area (Å²) in [5.74, 6) is -1.58. The highest BCUT2D eigenvalue weighted by Crippen LogP contribution is 2.19. The van der Waals surface area contributed by atoms with Crippen molar-refractivity contribution in [3.05, 3.63) is 12.7 Å². The lowest BCUT2D eigenvalue weighted by atomic mass is 9.94. The lowest BCUT2D eigenvalue weighted by Gasteiger charge is -2.28. The van der Waals surface area contributed by atoms with E-state index >= 15 is 0 Å². The number of rotatable bonds is 5. The van der Waals surface area contributed by atoms with Crippen molar-refractivity contribution in [3.8, 4) is 0 Å². The molecule has 5 heteroatoms. The first-order valence-electron chi connectivity index (χ1n) is 5.39. The lowest BCUT2D eigenvalue weighted by Crippen LogP contribution is -2.57. The van der Waals surface area contributed by atoms with Crippen molar-refractivity contribution >= 4 is 11.9 Å². The van der Waals surface area contributed by atoms with E-state index in [1.165, 1.54) is 7.11 Å². The molecule has 0 aromatic rings. The first kappa shape index (κ1) is 15.6. The van der Waals surface area contributed by atoms with Crippen LogP contribution in [-0.2, 0) is 19.1 Å². The first-order valence-corrected chi connectivity index (χ1v) is 5.39. The number of ether oxygens (including phenoxy) is 2. The number of hydrogen-bond acceptors (Lipinski definition) is 5. The molecule has 2 N–H and O–H groups in total. The lowest BCUT2D eigenvalue weighted by molar-refractivity contribution is -0.170. The zero-order valence-electron chi connectivity index (χ0n) is 10.9. The van der Waals surface area contributed by atoms with Gasteiger partial charge in [0.1, 0.15) is 5.60 Å². The quantitative estimate of drug-likeness (QED) is 0.445. The maximum Gasteiger partial charge on any atom is 0.338 e. The number of carbonyl (C=O) groups is 2. The first-order chi connectivity index (χ1) is 7.67. The van der Waals surface area contributed by atoms with Gasteiger partial charge in [-0.1, -0.05) is 6.08 Å². The van der Waals surface area contributed by atoms with Gasteiger partial charge in [-0.2, -0.15) is 0 Å². The fourth-order valence-corrected chi connectivity index (χ4v) is 1.17. The molecule has 0 amide bonds. The minimum Gasteiger partial charge on any atom is -0.467 e. The van der Waals surface area contributed by atoms with Crippen LogP contribution in [0.5, 0.6) is 0 Å². The molecule has 0 aliphatic carbocycles. The smallest absolute Gasteiger partial charge is 0.338 e. The Hall–Kier alpha value is -1.36. The van der Waals surface area contributed by atoms with Gasteiger partial charge in [0.25, 0.3) is 0 Å². The Labute approximate surface area is 102 Å². The Bertz CT molecular complexity index is 306. The molecular formula is C12H21NO4. The van der Waals surface area contributed by atoms with Gasteiger partial charge in [0.05, 0.1) is 7.11 Å². The van der Waals surface area contributed by atoms with E-state index in [4.69, 9.17) is 10.5 Å². The Morgan fingerprint density at radius 1 is 1.29 bits per heavy atom. The summed E-state index contributed by atoms with van der Waals surface area (Å²) in [6.07, 6.45) is 2.11. The van der Waals surface area contributed by atoms with Crippen molar-refractivity contribution in [1.29, 1.82) is 0 Å². The van der Waals surface area contributed by atoms with Crippen LogP contribution in [0.25, 0.3) is 0 Å². The third-order valence-corrected chi connectivity index (χ3v) is 2.06. The van der Waals surface area contributed by atoms with Crippen molar-refractivity contribution in [2.75, 3.05) is 7.11 Å². The van der Waals surface area contributed by atoms with Crippen molar-refractivity contribution in [3.63, 3.8) is 0 Å². The molecule has 17 heavy (non-hydrogen) atoms. The maximum atomic E-state index is 11.9. The largest absolute Gasteiger partial charge is 0.467 e. The van der Waals surface area contributed by atoms with Crippen LogP contribution in [-0.4, -0.2) is 30.2 Å². The summed E-state index contributed by atoms with van der Waals surface area (Å²) in [6.45, 7) is 8.64. The molecule has 0 saturated carbocycles. The second kappa shape index (κ2) is 5.82. The molecule has 0 aromatic carbocycles. The summed E-state index contributed by atoms with van der Waals surface area (Å²) in [7, 11) is 1.18. The molecule has 0 aliphatic heterocycles. The van der Waals surface area contributed by atoms with Gasteiger partial charge in [-0.15, -0.1) is 6.58 Å². The highest BCUT2D eigenvalue weighted by atomic mass is 16.6. The Kier molecular flexibility index (Phi) is 5.35. The third kappa shape index (κ3) is 4.56. The van der Waals surface area contributed by atoms with Crippen LogP contribution in [0.4, 0.5) is 0 Å². The molecular weight excluding hydrogens is 222 g/mol. The molecule has 98 valence electrons. The van der Waals surface area contributed by atoms with Crippen molar-refractivity contribution in [2.45, 2.75) is 44.8 Å². The van der Waals surface area contributed by atoms with E-state index in [0.29, 0.717) is 6.42 Å². The predicted molar refractivity (Wildman–Crippen MR) is 64.2 cm³/mol. The van der Waals surface area contributed by atoms with Gasteiger partial charge >= 0.3 is 11.9 Å². The SMILES string of the molecule is C=CCCC(N)(C(=O)OC)C(=O)OC(C)(C)C. The second-order valence-corrected chi connectivity index (χ2v) is 4.79. The van der Waals surface area contributed by atoms with Crippen LogP contribution in [0.15, 0.2) is 12.7 Å². The van der Waals surface area contributed by atoms with Crippen LogP contribution in [0, 0.1) is 0 Å². The average Bonchev–Trinajstić information content (AvgIpc) is 2.22. The minimum absolute atomic E-state index is 0.109. The van der Waals surface area contributed by atoms with Crippen LogP contribution in [0.1, 0.15) is 33.6 Å². The van der Waals surface area contributed by atoms with Crippen LogP contribution < -0.4 is 5.73 Å². The third-order valence-electron chi connectivity index (χ3n) is 2.06. The zero-order chi connectivity index (χ0) is 13.7. The van der Waals surface area contributed by atoms with E-state index in [2.05, 4.69) is 11.3 Å². The highest BCUT2D eigenvalue weighted by Gasteiger charge is 2.45.